The first-order valence-corrected chi connectivity index (χ1v) is 5.56. The molecular formula is C12H13FN4. The summed E-state index contributed by atoms with van der Waals surface area (Å²) >= 11 is 0. The molecule has 1 aromatic carbocycles. The van der Waals surface area contributed by atoms with Crippen LogP contribution in [0.5, 0.6) is 0 Å². The van der Waals surface area contributed by atoms with Crippen LogP contribution in [0, 0.1) is 5.82 Å². The lowest BCUT2D eigenvalue weighted by Gasteiger charge is -2.16. The fourth-order valence-corrected chi connectivity index (χ4v) is 2.16. The Balaban J connectivity index is 2.15. The maximum Gasteiger partial charge on any atom is 0.131 e. The van der Waals surface area contributed by atoms with Gasteiger partial charge in [-0.3, -0.25) is 4.68 Å². The smallest absolute Gasteiger partial charge is 0.131 e. The zero-order chi connectivity index (χ0) is 11.8. The molecule has 0 unspecified atom stereocenters. The minimum absolute atomic E-state index is 0.263. The molecule has 1 aliphatic heterocycles. The minimum atomic E-state index is -0.263. The molecule has 0 bridgehead atoms. The van der Waals surface area contributed by atoms with Crippen LogP contribution in [-0.4, -0.2) is 16.3 Å². The van der Waals surface area contributed by atoms with E-state index < -0.39 is 0 Å². The summed E-state index contributed by atoms with van der Waals surface area (Å²) in [6.07, 6.45) is 1.71. The maximum absolute atomic E-state index is 13.8. The van der Waals surface area contributed by atoms with Crippen molar-refractivity contribution < 1.29 is 4.39 Å². The molecule has 4 nitrogen and oxygen atoms in total. The fourth-order valence-electron chi connectivity index (χ4n) is 2.16. The second-order valence-corrected chi connectivity index (χ2v) is 4.14. The van der Waals surface area contributed by atoms with Crippen LogP contribution in [0.4, 0.5) is 10.1 Å². The Bertz CT molecular complexity index is 562. The average Bonchev–Trinajstić information content (AvgIpc) is 2.76. The van der Waals surface area contributed by atoms with Crippen LogP contribution < -0.4 is 11.1 Å². The fraction of sp³-hybridized carbons (Fsp3) is 0.250. The van der Waals surface area contributed by atoms with Crippen molar-refractivity contribution in [2.45, 2.75) is 13.1 Å². The summed E-state index contributed by atoms with van der Waals surface area (Å²) in [5.74, 6) is -0.263. The second kappa shape index (κ2) is 3.85. The number of anilines is 1. The number of aromatic nitrogens is 2. The van der Waals surface area contributed by atoms with E-state index in [9.17, 15) is 4.39 Å². The van der Waals surface area contributed by atoms with Crippen molar-refractivity contribution in [3.63, 3.8) is 0 Å². The van der Waals surface area contributed by atoms with Gasteiger partial charge in [0.1, 0.15) is 5.82 Å². The van der Waals surface area contributed by atoms with E-state index in [1.807, 2.05) is 4.68 Å². The first kappa shape index (κ1) is 10.3. The van der Waals surface area contributed by atoms with Crippen molar-refractivity contribution in [1.29, 1.82) is 0 Å². The van der Waals surface area contributed by atoms with Crippen LogP contribution in [0.25, 0.3) is 11.1 Å². The molecule has 0 atom stereocenters. The summed E-state index contributed by atoms with van der Waals surface area (Å²) in [5.41, 5.74) is 8.62. The summed E-state index contributed by atoms with van der Waals surface area (Å²) in [5, 5.41) is 7.53. The molecule has 1 aliphatic rings. The van der Waals surface area contributed by atoms with Gasteiger partial charge in [-0.1, -0.05) is 0 Å². The lowest BCUT2D eigenvalue weighted by atomic mass is 10.0. The summed E-state index contributed by atoms with van der Waals surface area (Å²) < 4.78 is 15.7. The first-order valence-electron chi connectivity index (χ1n) is 5.56. The third-order valence-corrected chi connectivity index (χ3v) is 3.02. The molecule has 17 heavy (non-hydrogen) atoms. The van der Waals surface area contributed by atoms with Crippen LogP contribution >= 0.6 is 0 Å². The van der Waals surface area contributed by atoms with Crippen molar-refractivity contribution >= 4 is 5.69 Å². The molecule has 1 aromatic heterocycles. The molecule has 0 aliphatic carbocycles. The highest BCUT2D eigenvalue weighted by molar-refractivity contribution is 5.69. The van der Waals surface area contributed by atoms with Gasteiger partial charge in [-0.05, 0) is 18.2 Å². The zero-order valence-electron chi connectivity index (χ0n) is 9.28. The van der Waals surface area contributed by atoms with Gasteiger partial charge in [0, 0.05) is 29.9 Å². The lowest BCUT2D eigenvalue weighted by Crippen LogP contribution is -2.28. The number of hydrogen-bond acceptors (Lipinski definition) is 3. The number of nitrogen functional groups attached to an aromatic ring is 1. The van der Waals surface area contributed by atoms with E-state index in [4.69, 9.17) is 5.73 Å². The summed E-state index contributed by atoms with van der Waals surface area (Å²) in [7, 11) is 0. The predicted molar refractivity (Wildman–Crippen MR) is 63.7 cm³/mol. The Hall–Kier alpha value is -1.88. The molecule has 0 saturated carbocycles. The molecule has 2 heterocycles. The first-order chi connectivity index (χ1) is 8.25. The molecule has 0 fully saturated rings. The molecule has 2 aromatic rings. The van der Waals surface area contributed by atoms with Gasteiger partial charge >= 0.3 is 0 Å². The number of nitrogens with zero attached hydrogens (tertiary/aromatic N) is 2. The Morgan fingerprint density at radius 1 is 1.35 bits per heavy atom. The van der Waals surface area contributed by atoms with Gasteiger partial charge in [0.15, 0.2) is 0 Å². The Kier molecular flexibility index (Phi) is 2.33. The van der Waals surface area contributed by atoms with Gasteiger partial charge in [-0.25, -0.2) is 4.39 Å². The molecular weight excluding hydrogens is 219 g/mol. The summed E-state index contributed by atoms with van der Waals surface area (Å²) in [6.45, 7) is 2.43. The maximum atomic E-state index is 13.8. The van der Waals surface area contributed by atoms with Crippen molar-refractivity contribution in [2.75, 3.05) is 12.3 Å². The zero-order valence-corrected chi connectivity index (χ0v) is 9.28. The number of nitrogens with one attached hydrogen (secondary N) is 1. The number of halogens is 1. The third kappa shape index (κ3) is 1.68. The van der Waals surface area contributed by atoms with E-state index in [1.54, 1.807) is 18.3 Å². The van der Waals surface area contributed by atoms with Gasteiger partial charge < -0.3 is 11.1 Å². The second-order valence-electron chi connectivity index (χ2n) is 4.14. The normalized spacial score (nSPS) is 14.6. The third-order valence-electron chi connectivity index (χ3n) is 3.02. The highest BCUT2D eigenvalue weighted by Gasteiger charge is 2.17. The van der Waals surface area contributed by atoms with Gasteiger partial charge in [-0.2, -0.15) is 5.10 Å². The molecule has 5 heteroatoms. The number of benzene rings is 1. The van der Waals surface area contributed by atoms with E-state index in [2.05, 4.69) is 10.4 Å². The van der Waals surface area contributed by atoms with E-state index in [0.717, 1.165) is 24.3 Å². The molecule has 0 amide bonds. The van der Waals surface area contributed by atoms with Crippen molar-refractivity contribution in [3.8, 4) is 11.1 Å². The van der Waals surface area contributed by atoms with Crippen LogP contribution in [-0.2, 0) is 13.1 Å². The van der Waals surface area contributed by atoms with Crippen molar-refractivity contribution in [2.24, 2.45) is 0 Å². The SMILES string of the molecule is Nc1ccc(F)c(-c2cnn3c2CNCC3)c1. The van der Waals surface area contributed by atoms with Gasteiger partial charge in [0.25, 0.3) is 0 Å². The molecule has 0 spiro atoms. The van der Waals surface area contributed by atoms with Gasteiger partial charge in [0.2, 0.25) is 0 Å². The number of rotatable bonds is 1. The summed E-state index contributed by atoms with van der Waals surface area (Å²) in [4.78, 5) is 0. The van der Waals surface area contributed by atoms with Gasteiger partial charge in [0.05, 0.1) is 18.4 Å². The number of nitrogens with two attached hydrogens (primary N) is 1. The summed E-state index contributed by atoms with van der Waals surface area (Å²) in [6, 6.07) is 4.61. The highest BCUT2D eigenvalue weighted by Crippen LogP contribution is 2.28. The van der Waals surface area contributed by atoms with E-state index in [-0.39, 0.29) is 5.82 Å². The van der Waals surface area contributed by atoms with Crippen LogP contribution in [0.1, 0.15) is 5.69 Å². The largest absolute Gasteiger partial charge is 0.399 e. The van der Waals surface area contributed by atoms with Crippen molar-refractivity contribution in [1.82, 2.24) is 15.1 Å². The molecule has 0 radical (unpaired) electrons. The van der Waals surface area contributed by atoms with Crippen LogP contribution in [0.2, 0.25) is 0 Å². The molecule has 3 rings (SSSR count). The number of hydrogen-bond donors (Lipinski definition) is 2. The monoisotopic (exact) mass is 232 g/mol. The predicted octanol–water partition coefficient (Wildman–Crippen LogP) is 1.37. The Morgan fingerprint density at radius 2 is 2.24 bits per heavy atom. The van der Waals surface area contributed by atoms with E-state index in [1.165, 1.54) is 6.07 Å². The minimum Gasteiger partial charge on any atom is -0.399 e. The quantitative estimate of drug-likeness (QED) is 0.730. The standard InChI is InChI=1S/C12H13FN4/c13-11-2-1-8(14)5-9(11)10-6-16-17-4-3-15-7-12(10)17/h1-2,5-6,15H,3-4,7,14H2. The highest BCUT2D eigenvalue weighted by atomic mass is 19.1. The lowest BCUT2D eigenvalue weighted by molar-refractivity contribution is 0.476. The van der Waals surface area contributed by atoms with E-state index >= 15 is 0 Å². The average molecular weight is 232 g/mol. The number of fused-ring (bicyclic) bond motifs is 1. The van der Waals surface area contributed by atoms with E-state index in [0.29, 0.717) is 17.8 Å². The Morgan fingerprint density at radius 3 is 3.12 bits per heavy atom. The van der Waals surface area contributed by atoms with Crippen LogP contribution in [0.3, 0.4) is 0 Å². The molecule has 0 saturated heterocycles. The Labute approximate surface area is 98.2 Å². The molecule has 3 N–H and O–H groups in total. The van der Waals surface area contributed by atoms with Crippen molar-refractivity contribution in [3.05, 3.63) is 35.9 Å². The molecule has 88 valence electrons. The topological polar surface area (TPSA) is 55.9 Å². The van der Waals surface area contributed by atoms with Gasteiger partial charge in [-0.15, -0.1) is 0 Å². The van der Waals surface area contributed by atoms with Crippen LogP contribution in [0.15, 0.2) is 24.4 Å².